The van der Waals surface area contributed by atoms with E-state index in [0.717, 1.165) is 0 Å². The summed E-state index contributed by atoms with van der Waals surface area (Å²) in [7, 11) is 0. The molecule has 0 saturated heterocycles. The minimum atomic E-state index is -0.593. The average Bonchev–Trinajstić information content (AvgIpc) is 2.25. The second-order valence-electron chi connectivity index (χ2n) is 5.21. The van der Waals surface area contributed by atoms with E-state index >= 15 is 0 Å². The first-order valence-electron chi connectivity index (χ1n) is 6.15. The van der Waals surface area contributed by atoms with E-state index in [9.17, 15) is 13.6 Å². The van der Waals surface area contributed by atoms with Gasteiger partial charge in [0.1, 0.15) is 17.2 Å². The lowest BCUT2D eigenvalue weighted by atomic mass is 10.2. The van der Waals surface area contributed by atoms with E-state index in [1.807, 2.05) is 0 Å². The Kier molecular flexibility index (Phi) is 5.42. The van der Waals surface area contributed by atoms with Gasteiger partial charge in [0.05, 0.1) is 6.42 Å². The average molecular weight is 271 g/mol. The van der Waals surface area contributed by atoms with E-state index in [1.165, 1.54) is 18.2 Å². The summed E-state index contributed by atoms with van der Waals surface area (Å²) in [5.74, 6) is -1.52. The van der Waals surface area contributed by atoms with Gasteiger partial charge < -0.3 is 10.1 Å². The van der Waals surface area contributed by atoms with Gasteiger partial charge in [-0.05, 0) is 32.9 Å². The standard InChI is InChI=1S/C14H19F2NO2/c1-14(2,3)19-13(18)7-8-17-9-10-11(15)5-4-6-12(10)16/h4-6,17H,7-9H2,1-3H3. The van der Waals surface area contributed by atoms with E-state index in [2.05, 4.69) is 5.32 Å². The molecule has 0 atom stereocenters. The summed E-state index contributed by atoms with van der Waals surface area (Å²) in [6.45, 7) is 5.71. The highest BCUT2D eigenvalue weighted by molar-refractivity contribution is 5.70. The van der Waals surface area contributed by atoms with Crippen LogP contribution in [0.1, 0.15) is 32.8 Å². The molecule has 0 aliphatic rings. The molecular formula is C14H19F2NO2. The Morgan fingerprint density at radius 1 is 1.26 bits per heavy atom. The molecule has 1 N–H and O–H groups in total. The molecule has 5 heteroatoms. The molecule has 0 amide bonds. The fourth-order valence-corrected chi connectivity index (χ4v) is 1.50. The molecule has 106 valence electrons. The summed E-state index contributed by atoms with van der Waals surface area (Å²) in [5.41, 5.74) is -0.541. The van der Waals surface area contributed by atoms with Gasteiger partial charge in [-0.2, -0.15) is 0 Å². The Morgan fingerprint density at radius 3 is 2.37 bits per heavy atom. The van der Waals surface area contributed by atoms with Crippen LogP contribution in [0, 0.1) is 11.6 Å². The van der Waals surface area contributed by atoms with Gasteiger partial charge in [-0.1, -0.05) is 6.07 Å². The summed E-state index contributed by atoms with van der Waals surface area (Å²) < 4.78 is 31.7. The van der Waals surface area contributed by atoms with Crippen molar-refractivity contribution in [2.75, 3.05) is 6.54 Å². The third kappa shape index (κ3) is 5.79. The fourth-order valence-electron chi connectivity index (χ4n) is 1.50. The SMILES string of the molecule is CC(C)(C)OC(=O)CCNCc1c(F)cccc1F. The fraction of sp³-hybridized carbons (Fsp3) is 0.500. The van der Waals surface area contributed by atoms with Crippen LogP contribution in [0.2, 0.25) is 0 Å². The molecule has 3 nitrogen and oxygen atoms in total. The molecule has 0 radical (unpaired) electrons. The Bertz CT molecular complexity index is 421. The van der Waals surface area contributed by atoms with Gasteiger partial charge in [0.25, 0.3) is 0 Å². The topological polar surface area (TPSA) is 38.3 Å². The minimum Gasteiger partial charge on any atom is -0.460 e. The summed E-state index contributed by atoms with van der Waals surface area (Å²) in [6, 6.07) is 3.72. The molecular weight excluding hydrogens is 252 g/mol. The van der Waals surface area contributed by atoms with Crippen molar-refractivity contribution >= 4 is 5.97 Å². The highest BCUT2D eigenvalue weighted by Gasteiger charge is 2.15. The first-order valence-corrected chi connectivity index (χ1v) is 6.15. The smallest absolute Gasteiger partial charge is 0.307 e. The van der Waals surface area contributed by atoms with Gasteiger partial charge in [0, 0.05) is 18.7 Å². The zero-order valence-electron chi connectivity index (χ0n) is 11.4. The lowest BCUT2D eigenvalue weighted by Gasteiger charge is -2.19. The molecule has 1 aromatic carbocycles. The Balaban J connectivity index is 2.34. The van der Waals surface area contributed by atoms with E-state index in [1.54, 1.807) is 20.8 Å². The second-order valence-corrected chi connectivity index (χ2v) is 5.21. The maximum absolute atomic E-state index is 13.3. The van der Waals surface area contributed by atoms with Crippen LogP contribution in [0.5, 0.6) is 0 Å². The van der Waals surface area contributed by atoms with Crippen LogP contribution in [-0.2, 0) is 16.1 Å². The summed E-state index contributed by atoms with van der Waals surface area (Å²) in [6.07, 6.45) is 0.160. The second kappa shape index (κ2) is 6.61. The van der Waals surface area contributed by atoms with Crippen molar-refractivity contribution in [3.63, 3.8) is 0 Å². The molecule has 0 bridgehead atoms. The van der Waals surface area contributed by atoms with E-state index in [4.69, 9.17) is 4.74 Å². The lowest BCUT2D eigenvalue weighted by Crippen LogP contribution is -2.26. The third-order valence-corrected chi connectivity index (χ3v) is 2.29. The number of benzene rings is 1. The van der Waals surface area contributed by atoms with Crippen molar-refractivity contribution < 1.29 is 18.3 Å². The van der Waals surface area contributed by atoms with E-state index < -0.39 is 17.2 Å². The van der Waals surface area contributed by atoms with Crippen molar-refractivity contribution in [2.24, 2.45) is 0 Å². The predicted octanol–water partition coefficient (Wildman–Crippen LogP) is 2.79. The quantitative estimate of drug-likeness (QED) is 0.661. The zero-order chi connectivity index (χ0) is 14.5. The summed E-state index contributed by atoms with van der Waals surface area (Å²) >= 11 is 0. The molecule has 0 unspecified atom stereocenters. The van der Waals surface area contributed by atoms with Crippen LogP contribution >= 0.6 is 0 Å². The van der Waals surface area contributed by atoms with Crippen molar-refractivity contribution in [3.8, 4) is 0 Å². The van der Waals surface area contributed by atoms with Gasteiger partial charge in [-0.25, -0.2) is 8.78 Å². The molecule has 0 saturated carbocycles. The monoisotopic (exact) mass is 271 g/mol. The highest BCUT2D eigenvalue weighted by Crippen LogP contribution is 2.11. The van der Waals surface area contributed by atoms with E-state index in [0.29, 0.717) is 6.54 Å². The van der Waals surface area contributed by atoms with Crippen molar-refractivity contribution in [1.82, 2.24) is 5.32 Å². The van der Waals surface area contributed by atoms with Crippen LogP contribution in [0.4, 0.5) is 8.78 Å². The molecule has 1 aromatic rings. The number of nitrogens with one attached hydrogen (secondary N) is 1. The molecule has 19 heavy (non-hydrogen) atoms. The lowest BCUT2D eigenvalue weighted by molar-refractivity contribution is -0.154. The molecule has 1 rings (SSSR count). The Labute approximate surface area is 112 Å². The maximum atomic E-state index is 13.3. The number of hydrogen-bond donors (Lipinski definition) is 1. The van der Waals surface area contributed by atoms with E-state index in [-0.39, 0.29) is 24.5 Å². The number of carbonyl (C=O) groups excluding carboxylic acids is 1. The zero-order valence-corrected chi connectivity index (χ0v) is 11.4. The molecule has 0 spiro atoms. The van der Waals surface area contributed by atoms with Crippen LogP contribution in [0.15, 0.2) is 18.2 Å². The van der Waals surface area contributed by atoms with Gasteiger partial charge in [0.15, 0.2) is 0 Å². The van der Waals surface area contributed by atoms with Gasteiger partial charge in [-0.3, -0.25) is 4.79 Å². The highest BCUT2D eigenvalue weighted by atomic mass is 19.1. The number of rotatable bonds is 5. The maximum Gasteiger partial charge on any atom is 0.307 e. The van der Waals surface area contributed by atoms with Crippen molar-refractivity contribution in [3.05, 3.63) is 35.4 Å². The number of ether oxygens (including phenoxy) is 1. The summed E-state index contributed by atoms with van der Waals surface area (Å²) in [5, 5.41) is 2.82. The van der Waals surface area contributed by atoms with Crippen LogP contribution < -0.4 is 5.32 Å². The Morgan fingerprint density at radius 2 is 1.84 bits per heavy atom. The molecule has 0 aliphatic heterocycles. The molecule has 0 fully saturated rings. The normalized spacial score (nSPS) is 11.4. The predicted molar refractivity (Wildman–Crippen MR) is 68.5 cm³/mol. The number of halogens is 2. The van der Waals surface area contributed by atoms with Gasteiger partial charge in [0.2, 0.25) is 0 Å². The number of hydrogen-bond acceptors (Lipinski definition) is 3. The first-order chi connectivity index (χ1) is 8.79. The third-order valence-electron chi connectivity index (χ3n) is 2.29. The summed E-state index contributed by atoms with van der Waals surface area (Å²) in [4.78, 5) is 11.4. The Hall–Kier alpha value is -1.49. The van der Waals surface area contributed by atoms with Crippen LogP contribution in [-0.4, -0.2) is 18.1 Å². The number of esters is 1. The minimum absolute atomic E-state index is 0.0216. The largest absolute Gasteiger partial charge is 0.460 e. The molecule has 0 aromatic heterocycles. The van der Waals surface area contributed by atoms with Crippen LogP contribution in [0.3, 0.4) is 0 Å². The first kappa shape index (κ1) is 15.6. The van der Waals surface area contributed by atoms with Crippen molar-refractivity contribution in [2.45, 2.75) is 39.3 Å². The molecule has 0 aliphatic carbocycles. The molecule has 0 heterocycles. The van der Waals surface area contributed by atoms with Gasteiger partial charge in [-0.15, -0.1) is 0 Å². The van der Waals surface area contributed by atoms with Crippen LogP contribution in [0.25, 0.3) is 0 Å². The number of carbonyl (C=O) groups is 1. The van der Waals surface area contributed by atoms with Crippen molar-refractivity contribution in [1.29, 1.82) is 0 Å². The van der Waals surface area contributed by atoms with Gasteiger partial charge >= 0.3 is 5.97 Å².